The van der Waals surface area contributed by atoms with Crippen molar-refractivity contribution in [1.29, 1.82) is 0 Å². The number of aromatic nitrogens is 2. The second-order valence-corrected chi connectivity index (χ2v) is 10.9. The third-order valence-electron chi connectivity index (χ3n) is 8.59. The van der Waals surface area contributed by atoms with E-state index in [4.69, 9.17) is 16.2 Å². The van der Waals surface area contributed by atoms with Gasteiger partial charge in [-0.3, -0.25) is 14.8 Å². The summed E-state index contributed by atoms with van der Waals surface area (Å²) in [5.74, 6) is 0.834. The molecule has 0 unspecified atom stereocenters. The van der Waals surface area contributed by atoms with Crippen LogP contribution < -0.4 is 21.1 Å². The van der Waals surface area contributed by atoms with E-state index in [1.165, 1.54) is 44.9 Å². The predicted octanol–water partition coefficient (Wildman–Crippen LogP) is 4.69. The number of rotatable bonds is 6. The molecule has 3 aromatic rings. The maximum atomic E-state index is 12.4. The van der Waals surface area contributed by atoms with E-state index in [1.54, 1.807) is 0 Å². The number of aromatic amines is 1. The number of amides is 1. The first-order chi connectivity index (χ1) is 18.1. The van der Waals surface area contributed by atoms with Crippen LogP contribution in [0.3, 0.4) is 0 Å². The van der Waals surface area contributed by atoms with Crippen molar-refractivity contribution >= 4 is 28.3 Å². The topological polar surface area (TPSA) is 114 Å². The van der Waals surface area contributed by atoms with Gasteiger partial charge in [0.1, 0.15) is 5.75 Å². The molecule has 1 aliphatic heterocycles. The number of nitrogens with zero attached hydrogens (tertiary/aromatic N) is 3. The lowest BCUT2D eigenvalue weighted by atomic mass is 9.93. The van der Waals surface area contributed by atoms with E-state index in [-0.39, 0.29) is 6.10 Å². The molecule has 2 heterocycles. The molecule has 6 rings (SSSR count). The zero-order chi connectivity index (χ0) is 25.4. The number of ether oxygens (including phenoxy) is 1. The van der Waals surface area contributed by atoms with Crippen molar-refractivity contribution in [2.75, 3.05) is 36.8 Å². The van der Waals surface area contributed by atoms with E-state index in [0.717, 1.165) is 72.5 Å². The van der Waals surface area contributed by atoms with E-state index in [0.29, 0.717) is 17.4 Å². The molecule has 0 spiro atoms. The number of nitrogens with one attached hydrogen (secondary N) is 1. The monoisotopic (exact) mass is 502 g/mol. The molecule has 8 heteroatoms. The number of fused-ring (bicyclic) bond motifs is 1. The summed E-state index contributed by atoms with van der Waals surface area (Å²) in [6, 6.07) is 10.8. The van der Waals surface area contributed by atoms with Crippen LogP contribution >= 0.6 is 0 Å². The van der Waals surface area contributed by atoms with E-state index in [1.807, 2.05) is 12.1 Å². The Balaban J connectivity index is 1.30. The van der Waals surface area contributed by atoms with Crippen molar-refractivity contribution in [3.05, 3.63) is 35.9 Å². The molecular formula is C29H38N6O2. The SMILES string of the molecule is NC(=O)c1ccc(-c2cc(OC3CCCC3)c3c(N)n[nH]c3c2)cc1N1CCN(C2CCCCC2)CC1. The van der Waals surface area contributed by atoms with E-state index in [9.17, 15) is 4.79 Å². The van der Waals surface area contributed by atoms with Gasteiger partial charge in [-0.1, -0.05) is 25.3 Å². The van der Waals surface area contributed by atoms with Gasteiger partial charge in [-0.15, -0.1) is 0 Å². The lowest BCUT2D eigenvalue weighted by molar-refractivity contribution is 0.1000. The third-order valence-corrected chi connectivity index (χ3v) is 8.59. The van der Waals surface area contributed by atoms with Gasteiger partial charge in [0, 0.05) is 32.2 Å². The van der Waals surface area contributed by atoms with Gasteiger partial charge in [0.05, 0.1) is 28.3 Å². The summed E-state index contributed by atoms with van der Waals surface area (Å²) in [7, 11) is 0. The molecule has 5 N–H and O–H groups in total. The fourth-order valence-electron chi connectivity index (χ4n) is 6.54. The largest absolute Gasteiger partial charge is 0.490 e. The molecular weight excluding hydrogens is 464 g/mol. The molecule has 3 fully saturated rings. The fraction of sp³-hybridized carbons (Fsp3) is 0.517. The summed E-state index contributed by atoms with van der Waals surface area (Å²) in [4.78, 5) is 17.4. The van der Waals surface area contributed by atoms with Crippen LogP contribution in [0, 0.1) is 0 Å². The number of benzene rings is 2. The number of hydrogen-bond donors (Lipinski definition) is 3. The summed E-state index contributed by atoms with van der Waals surface area (Å²) in [6.45, 7) is 3.83. The van der Waals surface area contributed by atoms with Gasteiger partial charge in [-0.05, 0) is 73.9 Å². The molecule has 1 amide bonds. The first-order valence-electron chi connectivity index (χ1n) is 13.9. The van der Waals surface area contributed by atoms with Crippen LogP contribution in [0.15, 0.2) is 30.3 Å². The normalized spacial score (nSPS) is 20.1. The third kappa shape index (κ3) is 4.87. The van der Waals surface area contributed by atoms with E-state index < -0.39 is 5.91 Å². The van der Waals surface area contributed by atoms with Gasteiger partial charge in [-0.25, -0.2) is 0 Å². The maximum Gasteiger partial charge on any atom is 0.250 e. The Kier molecular flexibility index (Phi) is 6.67. The lowest BCUT2D eigenvalue weighted by Gasteiger charge is -2.42. The first kappa shape index (κ1) is 24.1. The van der Waals surface area contributed by atoms with E-state index >= 15 is 0 Å². The summed E-state index contributed by atoms with van der Waals surface area (Å²) < 4.78 is 6.44. The van der Waals surface area contributed by atoms with E-state index in [2.05, 4.69) is 38.2 Å². The number of piperazine rings is 1. The van der Waals surface area contributed by atoms with Crippen LogP contribution in [-0.4, -0.2) is 59.3 Å². The molecule has 0 radical (unpaired) electrons. The molecule has 196 valence electrons. The summed E-state index contributed by atoms with van der Waals surface area (Å²) >= 11 is 0. The Morgan fingerprint density at radius 2 is 1.65 bits per heavy atom. The zero-order valence-electron chi connectivity index (χ0n) is 21.5. The Morgan fingerprint density at radius 1 is 0.919 bits per heavy atom. The second-order valence-electron chi connectivity index (χ2n) is 10.9. The summed E-state index contributed by atoms with van der Waals surface area (Å²) in [6.07, 6.45) is 11.4. The van der Waals surface area contributed by atoms with Crippen molar-refractivity contribution in [2.45, 2.75) is 69.9 Å². The molecule has 1 saturated heterocycles. The highest BCUT2D eigenvalue weighted by Crippen LogP contribution is 2.38. The smallest absolute Gasteiger partial charge is 0.250 e. The molecule has 2 aromatic carbocycles. The molecule has 8 nitrogen and oxygen atoms in total. The standard InChI is InChI=1S/C29H38N6O2/c30-28-27-24(32-33-28)16-20(18-26(27)37-22-8-4-5-9-22)19-10-11-23(29(31)36)25(17-19)35-14-12-34(13-15-35)21-6-2-1-3-7-21/h10-11,16-18,21-22H,1-9,12-15H2,(H2,31,36)(H3,30,32,33). The molecule has 3 aliphatic rings. The summed E-state index contributed by atoms with van der Waals surface area (Å²) in [5.41, 5.74) is 16.4. The molecule has 0 bridgehead atoms. The lowest BCUT2D eigenvalue weighted by Crippen LogP contribution is -2.51. The number of H-pyrrole nitrogens is 1. The van der Waals surface area contributed by atoms with Crippen LogP contribution in [0.2, 0.25) is 0 Å². The Hall–Kier alpha value is -3.26. The van der Waals surface area contributed by atoms with Gasteiger partial charge in [0.2, 0.25) is 0 Å². The molecule has 1 aromatic heterocycles. The highest BCUT2D eigenvalue weighted by molar-refractivity contribution is 6.01. The van der Waals surface area contributed by atoms with Crippen molar-refractivity contribution in [3.8, 4) is 16.9 Å². The van der Waals surface area contributed by atoms with Crippen molar-refractivity contribution < 1.29 is 9.53 Å². The van der Waals surface area contributed by atoms with Gasteiger partial charge >= 0.3 is 0 Å². The van der Waals surface area contributed by atoms with Gasteiger partial charge < -0.3 is 21.1 Å². The maximum absolute atomic E-state index is 12.4. The average molecular weight is 503 g/mol. The fourth-order valence-corrected chi connectivity index (χ4v) is 6.54. The summed E-state index contributed by atoms with van der Waals surface area (Å²) in [5, 5.41) is 8.14. The Morgan fingerprint density at radius 3 is 2.38 bits per heavy atom. The molecule has 2 saturated carbocycles. The van der Waals surface area contributed by atoms with Crippen LogP contribution in [0.25, 0.3) is 22.0 Å². The quantitative estimate of drug-likeness (QED) is 0.451. The predicted molar refractivity (Wildman–Crippen MR) is 148 cm³/mol. The molecule has 37 heavy (non-hydrogen) atoms. The van der Waals surface area contributed by atoms with Crippen LogP contribution in [-0.2, 0) is 0 Å². The van der Waals surface area contributed by atoms with Crippen molar-refractivity contribution in [2.24, 2.45) is 5.73 Å². The number of hydrogen-bond acceptors (Lipinski definition) is 6. The number of anilines is 2. The minimum absolute atomic E-state index is 0.209. The number of primary amides is 1. The van der Waals surface area contributed by atoms with Crippen LogP contribution in [0.1, 0.15) is 68.1 Å². The number of carbonyl (C=O) groups excluding carboxylic acids is 1. The van der Waals surface area contributed by atoms with Crippen LogP contribution in [0.4, 0.5) is 11.5 Å². The number of carbonyl (C=O) groups is 1. The Bertz CT molecular complexity index is 1270. The minimum atomic E-state index is -0.390. The second kappa shape index (κ2) is 10.2. The highest BCUT2D eigenvalue weighted by Gasteiger charge is 2.27. The van der Waals surface area contributed by atoms with Gasteiger partial charge in [-0.2, -0.15) is 5.10 Å². The van der Waals surface area contributed by atoms with Gasteiger partial charge in [0.15, 0.2) is 5.82 Å². The number of nitrogens with two attached hydrogens (primary N) is 2. The average Bonchev–Trinajstić information content (AvgIpc) is 3.58. The minimum Gasteiger partial charge on any atom is -0.490 e. The van der Waals surface area contributed by atoms with Gasteiger partial charge in [0.25, 0.3) is 5.91 Å². The Labute approximate surface area is 218 Å². The van der Waals surface area contributed by atoms with Crippen molar-refractivity contribution in [3.63, 3.8) is 0 Å². The zero-order valence-corrected chi connectivity index (χ0v) is 21.5. The first-order valence-corrected chi connectivity index (χ1v) is 13.9. The highest BCUT2D eigenvalue weighted by atomic mass is 16.5. The molecule has 0 atom stereocenters. The molecule has 2 aliphatic carbocycles. The van der Waals surface area contributed by atoms with Crippen LogP contribution in [0.5, 0.6) is 5.75 Å². The number of nitrogen functional groups attached to an aromatic ring is 1. The van der Waals surface area contributed by atoms with Crippen molar-refractivity contribution in [1.82, 2.24) is 15.1 Å².